The number of rotatable bonds is 5. The monoisotopic (exact) mass is 390 g/mol. The summed E-state index contributed by atoms with van der Waals surface area (Å²) in [4.78, 5) is 17.7. The van der Waals surface area contributed by atoms with E-state index in [1.54, 1.807) is 12.1 Å². The van der Waals surface area contributed by atoms with Crippen LogP contribution in [-0.4, -0.2) is 27.6 Å². The lowest BCUT2D eigenvalue weighted by molar-refractivity contribution is 0.0880. The Morgan fingerprint density at radius 3 is 2.61 bits per heavy atom. The number of nitrogens with one attached hydrogen (secondary N) is 1. The van der Waals surface area contributed by atoms with E-state index in [1.807, 2.05) is 36.4 Å². The first-order chi connectivity index (χ1) is 13.5. The van der Waals surface area contributed by atoms with E-state index in [1.165, 1.54) is 10.6 Å². The number of aromatic nitrogens is 1. The van der Waals surface area contributed by atoms with Crippen LogP contribution in [0.2, 0.25) is 0 Å². The first-order valence-electron chi connectivity index (χ1n) is 9.01. The van der Waals surface area contributed by atoms with E-state index in [2.05, 4.69) is 31.1 Å². The Kier molecular flexibility index (Phi) is 6.01. The summed E-state index contributed by atoms with van der Waals surface area (Å²) in [5.41, 5.74) is 12.6. The predicted octanol–water partition coefficient (Wildman–Crippen LogP) is 3.84. The Labute approximate surface area is 169 Å². The van der Waals surface area contributed by atoms with E-state index < -0.39 is 0 Å². The molecule has 6 heteroatoms. The van der Waals surface area contributed by atoms with E-state index >= 15 is 0 Å². The van der Waals surface area contributed by atoms with Gasteiger partial charge < -0.3 is 5.73 Å². The van der Waals surface area contributed by atoms with E-state index in [4.69, 9.17) is 22.9 Å². The molecule has 0 saturated carbocycles. The number of thiocarbonyl (C=S) groups is 1. The zero-order valence-corrected chi connectivity index (χ0v) is 16.5. The van der Waals surface area contributed by atoms with Gasteiger partial charge in [-0.1, -0.05) is 55.5 Å². The van der Waals surface area contributed by atoms with Crippen LogP contribution in [0.4, 0.5) is 0 Å². The standard InChI is InChI=1S/C22H22N4OS/c1-3-13-26(22(23)28)25-21(27)18-14-20(16-11-9-15(4-2)10-12-16)24-19-8-6-5-7-17(18)19/h3,5-12,14H,1,4,13H2,2H3,(H2,23,28)(H,25,27). The van der Waals surface area contributed by atoms with Crippen LogP contribution in [0.15, 0.2) is 67.3 Å². The fourth-order valence-electron chi connectivity index (χ4n) is 2.92. The summed E-state index contributed by atoms with van der Waals surface area (Å²) < 4.78 is 0. The van der Waals surface area contributed by atoms with Crippen LogP contribution >= 0.6 is 12.2 Å². The number of carbonyl (C=O) groups is 1. The maximum Gasteiger partial charge on any atom is 0.270 e. The molecule has 0 saturated heterocycles. The average molecular weight is 391 g/mol. The highest BCUT2D eigenvalue weighted by Gasteiger charge is 2.16. The lowest BCUT2D eigenvalue weighted by Gasteiger charge is -2.22. The Balaban J connectivity index is 2.06. The molecule has 0 fully saturated rings. The van der Waals surface area contributed by atoms with Gasteiger partial charge in [-0.3, -0.25) is 15.2 Å². The quantitative estimate of drug-likeness (QED) is 0.393. The summed E-state index contributed by atoms with van der Waals surface area (Å²) in [5.74, 6) is -0.306. The molecule has 5 nitrogen and oxygen atoms in total. The molecule has 0 aliphatic rings. The maximum atomic E-state index is 13.0. The number of benzene rings is 2. The summed E-state index contributed by atoms with van der Waals surface area (Å²) in [7, 11) is 0. The first kappa shape index (κ1) is 19.5. The largest absolute Gasteiger partial charge is 0.375 e. The van der Waals surface area contributed by atoms with Crippen molar-refractivity contribution >= 4 is 34.1 Å². The fourth-order valence-corrected chi connectivity index (χ4v) is 3.05. The molecule has 0 atom stereocenters. The predicted molar refractivity (Wildman–Crippen MR) is 118 cm³/mol. The van der Waals surface area contributed by atoms with Crippen LogP contribution in [0.5, 0.6) is 0 Å². The Hall–Kier alpha value is -3.25. The molecule has 28 heavy (non-hydrogen) atoms. The summed E-state index contributed by atoms with van der Waals surface area (Å²) in [6.45, 7) is 6.09. The van der Waals surface area contributed by atoms with Crippen molar-refractivity contribution < 1.29 is 4.79 Å². The number of hydrazine groups is 1. The van der Waals surface area contributed by atoms with Gasteiger partial charge in [0.1, 0.15) is 0 Å². The number of hydrogen-bond acceptors (Lipinski definition) is 3. The molecule has 142 valence electrons. The zero-order valence-electron chi connectivity index (χ0n) is 15.7. The smallest absolute Gasteiger partial charge is 0.270 e. The third-order valence-corrected chi connectivity index (χ3v) is 4.65. The van der Waals surface area contributed by atoms with Gasteiger partial charge in [0.2, 0.25) is 0 Å². The molecule has 3 N–H and O–H groups in total. The molecular formula is C22H22N4OS. The second-order valence-electron chi connectivity index (χ2n) is 6.30. The van der Waals surface area contributed by atoms with Gasteiger partial charge in [-0.05, 0) is 36.3 Å². The molecule has 3 rings (SSSR count). The van der Waals surface area contributed by atoms with E-state index in [9.17, 15) is 4.79 Å². The van der Waals surface area contributed by atoms with Crippen LogP contribution in [-0.2, 0) is 6.42 Å². The van der Waals surface area contributed by atoms with Gasteiger partial charge in [-0.15, -0.1) is 6.58 Å². The van der Waals surface area contributed by atoms with Crippen LogP contribution in [0.3, 0.4) is 0 Å². The second kappa shape index (κ2) is 8.63. The number of nitrogens with two attached hydrogens (primary N) is 1. The number of amides is 1. The second-order valence-corrected chi connectivity index (χ2v) is 6.72. The molecule has 1 heterocycles. The van der Waals surface area contributed by atoms with E-state index in [-0.39, 0.29) is 11.0 Å². The zero-order chi connectivity index (χ0) is 20.1. The normalized spacial score (nSPS) is 10.5. The van der Waals surface area contributed by atoms with Gasteiger partial charge in [0.15, 0.2) is 5.11 Å². The fraction of sp³-hybridized carbons (Fsp3) is 0.136. The number of fused-ring (bicyclic) bond motifs is 1. The number of aryl methyl sites for hydroxylation is 1. The molecule has 0 aliphatic carbocycles. The molecule has 0 unspecified atom stereocenters. The summed E-state index contributed by atoms with van der Waals surface area (Å²) in [6, 6.07) is 17.5. The lowest BCUT2D eigenvalue weighted by Crippen LogP contribution is -2.48. The molecular weight excluding hydrogens is 368 g/mol. The number of pyridine rings is 1. The minimum absolute atomic E-state index is 0.0713. The molecule has 0 spiro atoms. The lowest BCUT2D eigenvalue weighted by atomic mass is 10.0. The van der Waals surface area contributed by atoms with Crippen LogP contribution in [0.1, 0.15) is 22.8 Å². The first-order valence-corrected chi connectivity index (χ1v) is 9.42. The number of hydrogen-bond donors (Lipinski definition) is 2. The molecule has 1 amide bonds. The molecule has 0 radical (unpaired) electrons. The third-order valence-electron chi connectivity index (χ3n) is 4.43. The summed E-state index contributed by atoms with van der Waals surface area (Å²) in [5, 5.41) is 2.22. The van der Waals surface area contributed by atoms with Crippen LogP contribution < -0.4 is 11.2 Å². The molecule has 2 aromatic carbocycles. The Morgan fingerprint density at radius 2 is 1.96 bits per heavy atom. The Morgan fingerprint density at radius 1 is 1.25 bits per heavy atom. The SMILES string of the molecule is C=CCN(NC(=O)c1cc(-c2ccc(CC)cc2)nc2ccccc12)C(N)=S. The van der Waals surface area contributed by atoms with Gasteiger partial charge in [-0.2, -0.15) is 0 Å². The number of para-hydroxylation sites is 1. The maximum absolute atomic E-state index is 13.0. The average Bonchev–Trinajstić information content (AvgIpc) is 2.72. The highest BCUT2D eigenvalue weighted by Crippen LogP contribution is 2.25. The van der Waals surface area contributed by atoms with Crippen LogP contribution in [0, 0.1) is 0 Å². The summed E-state index contributed by atoms with van der Waals surface area (Å²) >= 11 is 5.00. The van der Waals surface area contributed by atoms with Crippen molar-refractivity contribution in [2.24, 2.45) is 5.73 Å². The van der Waals surface area contributed by atoms with E-state index in [0.29, 0.717) is 12.1 Å². The number of carbonyl (C=O) groups excluding carboxylic acids is 1. The van der Waals surface area contributed by atoms with E-state index in [0.717, 1.165) is 28.6 Å². The molecule has 1 aromatic heterocycles. The van der Waals surface area contributed by atoms with Crippen molar-refractivity contribution in [3.63, 3.8) is 0 Å². The minimum atomic E-state index is -0.306. The van der Waals surface area contributed by atoms with Crippen LogP contribution in [0.25, 0.3) is 22.2 Å². The minimum Gasteiger partial charge on any atom is -0.375 e. The van der Waals surface area contributed by atoms with Gasteiger partial charge in [0, 0.05) is 10.9 Å². The van der Waals surface area contributed by atoms with Gasteiger partial charge in [-0.25, -0.2) is 4.98 Å². The summed E-state index contributed by atoms with van der Waals surface area (Å²) in [6.07, 6.45) is 2.59. The van der Waals surface area contributed by atoms with Crippen molar-refractivity contribution in [2.75, 3.05) is 6.54 Å². The van der Waals surface area contributed by atoms with Crippen molar-refractivity contribution in [1.82, 2.24) is 15.4 Å². The molecule has 0 aliphatic heterocycles. The van der Waals surface area contributed by atoms with Gasteiger partial charge >= 0.3 is 0 Å². The van der Waals surface area contributed by atoms with Crippen molar-refractivity contribution in [2.45, 2.75) is 13.3 Å². The highest BCUT2D eigenvalue weighted by molar-refractivity contribution is 7.80. The van der Waals surface area contributed by atoms with Gasteiger partial charge in [0.25, 0.3) is 5.91 Å². The van der Waals surface area contributed by atoms with Crippen molar-refractivity contribution in [3.8, 4) is 11.3 Å². The highest BCUT2D eigenvalue weighted by atomic mass is 32.1. The molecule has 3 aromatic rings. The van der Waals surface area contributed by atoms with Crippen molar-refractivity contribution in [1.29, 1.82) is 0 Å². The topological polar surface area (TPSA) is 71.2 Å². The Bertz CT molecular complexity index is 1030. The van der Waals surface area contributed by atoms with Crippen molar-refractivity contribution in [3.05, 3.63) is 78.4 Å². The third kappa shape index (κ3) is 4.18. The molecule has 0 bridgehead atoms. The van der Waals surface area contributed by atoms with Gasteiger partial charge in [0.05, 0.1) is 23.3 Å². The number of nitrogens with zero attached hydrogens (tertiary/aromatic N) is 2.